The van der Waals surface area contributed by atoms with Crippen molar-refractivity contribution in [2.75, 3.05) is 27.2 Å². The van der Waals surface area contributed by atoms with Crippen LogP contribution in [0.2, 0.25) is 0 Å². The summed E-state index contributed by atoms with van der Waals surface area (Å²) in [6, 6.07) is 11.0. The largest absolute Gasteiger partial charge is 0.477 e. The number of para-hydroxylation sites is 1. The first-order valence-corrected chi connectivity index (χ1v) is 9.52. The number of amides is 2. The minimum absolute atomic E-state index is 0.0207. The summed E-state index contributed by atoms with van der Waals surface area (Å²) in [6.07, 6.45) is 1.84. The third-order valence-corrected chi connectivity index (χ3v) is 6.47. The Morgan fingerprint density at radius 3 is 2.66 bits per heavy atom. The van der Waals surface area contributed by atoms with Crippen molar-refractivity contribution in [2.24, 2.45) is 0 Å². The number of pyridine rings is 1. The van der Waals surface area contributed by atoms with Crippen LogP contribution < -0.4 is 4.57 Å². The van der Waals surface area contributed by atoms with E-state index in [0.29, 0.717) is 28.8 Å². The Kier molecular flexibility index (Phi) is 3.43. The lowest BCUT2D eigenvalue weighted by Gasteiger charge is -2.47. The second kappa shape index (κ2) is 5.60. The molecule has 2 aromatic rings. The Bertz CT molecular complexity index is 1080. The zero-order valence-corrected chi connectivity index (χ0v) is 16.2. The molecule has 2 amide bonds. The minimum Gasteiger partial charge on any atom is -0.274 e. The topological polar surface area (TPSA) is 87.6 Å². The maximum absolute atomic E-state index is 13.6. The summed E-state index contributed by atoms with van der Waals surface area (Å²) in [7, 11) is 3.98. The number of nitro groups is 1. The van der Waals surface area contributed by atoms with Crippen LogP contribution in [-0.4, -0.2) is 58.2 Å². The summed E-state index contributed by atoms with van der Waals surface area (Å²) < 4.78 is 2.23. The van der Waals surface area contributed by atoms with Crippen molar-refractivity contribution < 1.29 is 23.6 Å². The van der Waals surface area contributed by atoms with Gasteiger partial charge < -0.3 is 0 Å². The van der Waals surface area contributed by atoms with Crippen LogP contribution in [0.1, 0.15) is 28.5 Å². The molecule has 3 aliphatic rings. The Hall–Kier alpha value is -3.33. The average Bonchev–Trinajstić information content (AvgIpc) is 3.14. The van der Waals surface area contributed by atoms with Crippen LogP contribution in [0, 0.1) is 10.1 Å². The van der Waals surface area contributed by atoms with E-state index in [1.807, 2.05) is 30.9 Å². The number of quaternary nitrogens is 1. The van der Waals surface area contributed by atoms with E-state index in [-0.39, 0.29) is 23.9 Å². The smallest absolute Gasteiger partial charge is 0.274 e. The van der Waals surface area contributed by atoms with Crippen molar-refractivity contribution in [1.82, 2.24) is 9.80 Å². The number of nitro benzene ring substituents is 1. The number of benzene rings is 1. The van der Waals surface area contributed by atoms with E-state index in [1.54, 1.807) is 40.1 Å². The molecule has 9 nitrogen and oxygen atoms in total. The molecule has 2 saturated heterocycles. The molecule has 1 aromatic heterocycles. The molecular weight excluding hydrogens is 374 g/mol. The third kappa shape index (κ3) is 2.00. The van der Waals surface area contributed by atoms with Gasteiger partial charge in [-0.2, -0.15) is 4.90 Å². The van der Waals surface area contributed by atoms with E-state index < -0.39 is 16.9 Å². The Morgan fingerprint density at radius 1 is 1.17 bits per heavy atom. The van der Waals surface area contributed by atoms with Gasteiger partial charge in [-0.25, -0.2) is 9.38 Å². The van der Waals surface area contributed by atoms with Crippen molar-refractivity contribution in [3.05, 3.63) is 70.0 Å². The van der Waals surface area contributed by atoms with Gasteiger partial charge in [0.1, 0.15) is 6.54 Å². The first-order chi connectivity index (χ1) is 13.8. The molecule has 2 unspecified atom stereocenters. The van der Waals surface area contributed by atoms with Crippen molar-refractivity contribution in [2.45, 2.75) is 18.4 Å². The summed E-state index contributed by atoms with van der Waals surface area (Å²) in [5.41, 5.74) is 0.786. The normalized spacial score (nSPS) is 26.9. The molecule has 1 aromatic carbocycles. The standard InChI is InChI=1S/C20H21N5O4/c1-25(2)12-11-22-18(26)13-17(14-7-3-4-8-15(14)24(28)29)23-19(27)16-9-5-6-10-21(16)20(22,23)25/h3-10,17H,11-13H2,1-2H3/q+2. The van der Waals surface area contributed by atoms with Gasteiger partial charge in [-0.1, -0.05) is 22.8 Å². The Balaban J connectivity index is 1.81. The highest BCUT2D eigenvalue weighted by Crippen LogP contribution is 2.50. The minimum atomic E-state index is -1.07. The van der Waals surface area contributed by atoms with Crippen LogP contribution in [0.25, 0.3) is 0 Å². The molecular formula is C20H21N5O4+2. The fraction of sp³-hybridized carbons (Fsp3) is 0.350. The van der Waals surface area contributed by atoms with E-state index in [4.69, 9.17) is 0 Å². The molecule has 0 N–H and O–H groups in total. The monoisotopic (exact) mass is 395 g/mol. The molecule has 5 rings (SSSR count). The van der Waals surface area contributed by atoms with Gasteiger partial charge in [0.05, 0.1) is 43.6 Å². The van der Waals surface area contributed by atoms with Crippen molar-refractivity contribution in [1.29, 1.82) is 0 Å². The van der Waals surface area contributed by atoms with E-state index in [2.05, 4.69) is 0 Å². The van der Waals surface area contributed by atoms with Crippen LogP contribution in [0.3, 0.4) is 0 Å². The SMILES string of the molecule is C[N+]1(C)CCN2C(=O)CC(c3ccccc3[N+](=O)[O-])N3C(=O)c4cccc[n+]4C231. The molecule has 2 atom stereocenters. The van der Waals surface area contributed by atoms with Gasteiger partial charge in [-0.3, -0.25) is 19.7 Å². The van der Waals surface area contributed by atoms with Gasteiger partial charge in [-0.05, 0) is 6.07 Å². The highest BCUT2D eigenvalue weighted by Gasteiger charge is 2.79. The number of fused-ring (bicyclic) bond motifs is 1. The molecule has 2 fully saturated rings. The lowest BCUT2D eigenvalue weighted by atomic mass is 9.96. The van der Waals surface area contributed by atoms with Gasteiger partial charge in [0.25, 0.3) is 11.4 Å². The van der Waals surface area contributed by atoms with E-state index in [9.17, 15) is 19.7 Å². The highest BCUT2D eigenvalue weighted by molar-refractivity contribution is 5.94. The molecule has 1 spiro atoms. The molecule has 3 aliphatic heterocycles. The van der Waals surface area contributed by atoms with E-state index in [0.717, 1.165) is 0 Å². The van der Waals surface area contributed by atoms with Gasteiger partial charge >= 0.3 is 11.8 Å². The lowest BCUT2D eigenvalue weighted by Crippen LogP contribution is -2.81. The number of likely N-dealkylation sites (N-methyl/N-ethyl adjacent to an activating group) is 1. The molecule has 0 radical (unpaired) electrons. The fourth-order valence-electron chi connectivity index (χ4n) is 5.27. The summed E-state index contributed by atoms with van der Waals surface area (Å²) in [4.78, 5) is 41.6. The first kappa shape index (κ1) is 17.7. The zero-order chi connectivity index (χ0) is 20.6. The van der Waals surface area contributed by atoms with Crippen molar-refractivity contribution >= 4 is 17.5 Å². The first-order valence-electron chi connectivity index (χ1n) is 9.52. The Morgan fingerprint density at radius 2 is 1.90 bits per heavy atom. The van der Waals surface area contributed by atoms with Crippen LogP contribution in [-0.2, 0) is 10.7 Å². The van der Waals surface area contributed by atoms with Crippen molar-refractivity contribution in [3.63, 3.8) is 0 Å². The molecule has 29 heavy (non-hydrogen) atoms. The second-order valence-electron chi connectivity index (χ2n) is 8.22. The fourth-order valence-corrected chi connectivity index (χ4v) is 5.27. The number of carbonyl (C=O) groups excluding carboxylic acids is 2. The second-order valence-corrected chi connectivity index (χ2v) is 8.22. The van der Waals surface area contributed by atoms with Crippen LogP contribution in [0.5, 0.6) is 0 Å². The molecule has 0 bridgehead atoms. The van der Waals surface area contributed by atoms with Gasteiger partial charge in [0, 0.05) is 18.2 Å². The van der Waals surface area contributed by atoms with Crippen molar-refractivity contribution in [3.8, 4) is 0 Å². The van der Waals surface area contributed by atoms with Crippen LogP contribution in [0.15, 0.2) is 48.7 Å². The van der Waals surface area contributed by atoms with Crippen LogP contribution in [0.4, 0.5) is 5.69 Å². The molecule has 4 heterocycles. The quantitative estimate of drug-likeness (QED) is 0.328. The number of nitrogens with zero attached hydrogens (tertiary/aromatic N) is 5. The molecule has 0 saturated carbocycles. The number of carbonyl (C=O) groups is 2. The van der Waals surface area contributed by atoms with Gasteiger partial charge in [0.15, 0.2) is 6.20 Å². The average molecular weight is 395 g/mol. The summed E-state index contributed by atoms with van der Waals surface area (Å²) in [5.74, 6) is -1.40. The number of aromatic nitrogens is 1. The Labute approximate surface area is 167 Å². The van der Waals surface area contributed by atoms with Crippen LogP contribution >= 0.6 is 0 Å². The predicted molar refractivity (Wildman–Crippen MR) is 99.9 cm³/mol. The summed E-state index contributed by atoms with van der Waals surface area (Å²) >= 11 is 0. The molecule has 148 valence electrons. The number of hydrogen-bond donors (Lipinski definition) is 0. The third-order valence-electron chi connectivity index (χ3n) is 6.47. The highest BCUT2D eigenvalue weighted by atomic mass is 16.6. The summed E-state index contributed by atoms with van der Waals surface area (Å²) in [5, 5.41) is 11.7. The number of rotatable bonds is 2. The maximum atomic E-state index is 13.6. The number of hydrogen-bond acceptors (Lipinski definition) is 4. The van der Waals surface area contributed by atoms with Gasteiger partial charge in [-0.15, -0.1) is 0 Å². The lowest BCUT2D eigenvalue weighted by molar-refractivity contribution is -1.11. The maximum Gasteiger partial charge on any atom is 0.477 e. The molecule has 9 heteroatoms. The summed E-state index contributed by atoms with van der Waals surface area (Å²) in [6.45, 7) is 1.18. The van der Waals surface area contributed by atoms with Gasteiger partial charge in [0.2, 0.25) is 5.91 Å². The van der Waals surface area contributed by atoms with E-state index >= 15 is 0 Å². The zero-order valence-electron chi connectivity index (χ0n) is 16.2. The molecule has 0 aliphatic carbocycles. The van der Waals surface area contributed by atoms with E-state index in [1.165, 1.54) is 6.07 Å². The predicted octanol–water partition coefficient (Wildman–Crippen LogP) is 0.969.